The van der Waals surface area contributed by atoms with Gasteiger partial charge in [-0.05, 0) is 29.8 Å². The molecule has 2 aliphatic rings. The second-order valence-corrected chi connectivity index (χ2v) is 7.65. The Balaban J connectivity index is 1.62. The second-order valence-electron chi connectivity index (χ2n) is 7.65. The molecule has 0 fully saturated rings. The fourth-order valence-electron chi connectivity index (χ4n) is 4.54. The normalized spacial score (nSPS) is 16.5. The van der Waals surface area contributed by atoms with Crippen LogP contribution in [0.1, 0.15) is 33.0 Å². The molecule has 3 aromatic carbocycles. The first-order chi connectivity index (χ1) is 15.1. The number of Topliss-reactive ketones (excluding diaryl/α,β-unsaturated/α-hetero) is 1. The summed E-state index contributed by atoms with van der Waals surface area (Å²) < 4.78 is 15.1. The van der Waals surface area contributed by atoms with Gasteiger partial charge in [0.15, 0.2) is 5.78 Å². The lowest BCUT2D eigenvalue weighted by Gasteiger charge is -2.25. The highest BCUT2D eigenvalue weighted by atomic mass is 19.1. The Bertz CT molecular complexity index is 1450. The lowest BCUT2D eigenvalue weighted by atomic mass is 9.82. The van der Waals surface area contributed by atoms with Crippen LogP contribution < -0.4 is 10.9 Å². The Morgan fingerprint density at radius 3 is 2.23 bits per heavy atom. The molecule has 0 saturated carbocycles. The van der Waals surface area contributed by atoms with Crippen LogP contribution in [0.3, 0.4) is 0 Å². The third kappa shape index (κ3) is 2.48. The van der Waals surface area contributed by atoms with Gasteiger partial charge in [-0.3, -0.25) is 14.7 Å². The van der Waals surface area contributed by atoms with Gasteiger partial charge in [-0.1, -0.05) is 54.6 Å². The van der Waals surface area contributed by atoms with Crippen LogP contribution in [0.25, 0.3) is 11.4 Å². The van der Waals surface area contributed by atoms with E-state index in [1.54, 1.807) is 18.2 Å². The van der Waals surface area contributed by atoms with E-state index in [2.05, 4.69) is 10.4 Å². The van der Waals surface area contributed by atoms with E-state index in [-0.39, 0.29) is 17.2 Å². The lowest BCUT2D eigenvalue weighted by molar-refractivity contribution is 0.103. The smallest absolute Gasteiger partial charge is 0.277 e. The molecule has 5 nitrogen and oxygen atoms in total. The quantitative estimate of drug-likeness (QED) is 0.513. The summed E-state index contributed by atoms with van der Waals surface area (Å²) in [7, 11) is 0. The Kier molecular flexibility index (Phi) is 3.65. The zero-order valence-electron chi connectivity index (χ0n) is 16.2. The van der Waals surface area contributed by atoms with Gasteiger partial charge in [0, 0.05) is 22.6 Å². The molecule has 4 aromatic rings. The van der Waals surface area contributed by atoms with Crippen LogP contribution in [0.15, 0.2) is 89.2 Å². The molecule has 2 heterocycles. The second kappa shape index (κ2) is 6.40. The van der Waals surface area contributed by atoms with Gasteiger partial charge in [0.1, 0.15) is 11.6 Å². The van der Waals surface area contributed by atoms with Gasteiger partial charge in [0.05, 0.1) is 16.9 Å². The number of nitrogens with zero attached hydrogens (tertiary/aromatic N) is 1. The van der Waals surface area contributed by atoms with Crippen LogP contribution in [0.5, 0.6) is 0 Å². The lowest BCUT2D eigenvalue weighted by Crippen LogP contribution is -2.25. The Hall–Kier alpha value is -4.19. The standard InChI is InChI=1S/C25H16FN3O2/c26-15-12-10-14(11-13-15)19-20-22(17-8-4-5-9-18(17)23(20)30)27-24-21(19)25(31)29(28-24)16-6-2-1-3-7-16/h1-13,19,27-28H. The summed E-state index contributed by atoms with van der Waals surface area (Å²) in [5, 5.41) is 6.46. The molecule has 0 amide bonds. The van der Waals surface area contributed by atoms with Crippen LogP contribution in [-0.2, 0) is 0 Å². The van der Waals surface area contributed by atoms with Crippen molar-refractivity contribution in [2.45, 2.75) is 5.92 Å². The zero-order chi connectivity index (χ0) is 21.1. The topological polar surface area (TPSA) is 66.9 Å². The van der Waals surface area contributed by atoms with E-state index < -0.39 is 5.92 Å². The van der Waals surface area contributed by atoms with Crippen molar-refractivity contribution >= 4 is 17.3 Å². The first kappa shape index (κ1) is 17.7. The van der Waals surface area contributed by atoms with E-state index in [1.807, 2.05) is 48.5 Å². The molecule has 0 spiro atoms. The Morgan fingerprint density at radius 1 is 0.806 bits per heavy atom. The minimum atomic E-state index is -0.611. The number of carbonyl (C=O) groups excluding carboxylic acids is 1. The highest BCUT2D eigenvalue weighted by Gasteiger charge is 2.42. The maximum absolute atomic E-state index is 13.7. The molecule has 1 aromatic heterocycles. The monoisotopic (exact) mass is 409 g/mol. The van der Waals surface area contributed by atoms with Crippen molar-refractivity contribution in [3.63, 3.8) is 0 Å². The third-order valence-electron chi connectivity index (χ3n) is 5.93. The fourth-order valence-corrected chi connectivity index (χ4v) is 4.54. The average Bonchev–Trinajstić information content (AvgIpc) is 3.29. The summed E-state index contributed by atoms with van der Waals surface area (Å²) in [6.07, 6.45) is 0. The number of ketones is 1. The number of halogens is 1. The molecule has 6 rings (SSSR count). The van der Waals surface area contributed by atoms with E-state index in [0.29, 0.717) is 39.5 Å². The maximum Gasteiger partial charge on any atom is 0.277 e. The van der Waals surface area contributed by atoms with Crippen LogP contribution in [0.4, 0.5) is 10.2 Å². The number of hydrogen-bond acceptors (Lipinski definition) is 3. The number of rotatable bonds is 2. The molecule has 1 unspecified atom stereocenters. The van der Waals surface area contributed by atoms with Crippen LogP contribution >= 0.6 is 0 Å². The number of H-pyrrole nitrogens is 1. The first-order valence-electron chi connectivity index (χ1n) is 9.94. The number of allylic oxidation sites excluding steroid dienone is 1. The molecule has 150 valence electrons. The van der Waals surface area contributed by atoms with Gasteiger partial charge in [0.2, 0.25) is 0 Å². The molecule has 0 saturated heterocycles. The predicted molar refractivity (Wildman–Crippen MR) is 116 cm³/mol. The van der Waals surface area contributed by atoms with Crippen molar-refractivity contribution in [1.29, 1.82) is 0 Å². The molecule has 1 aliphatic carbocycles. The summed E-state index contributed by atoms with van der Waals surface area (Å²) >= 11 is 0. The van der Waals surface area contributed by atoms with Crippen molar-refractivity contribution in [3.8, 4) is 5.69 Å². The van der Waals surface area contributed by atoms with E-state index in [1.165, 1.54) is 16.8 Å². The van der Waals surface area contributed by atoms with Crippen LogP contribution in [0.2, 0.25) is 0 Å². The summed E-state index contributed by atoms with van der Waals surface area (Å²) in [6.45, 7) is 0. The largest absolute Gasteiger partial charge is 0.339 e. The van der Waals surface area contributed by atoms with E-state index >= 15 is 0 Å². The molecular weight excluding hydrogens is 393 g/mol. The minimum absolute atomic E-state index is 0.120. The number of aromatic amines is 1. The van der Waals surface area contributed by atoms with Crippen molar-refractivity contribution in [3.05, 3.63) is 123 Å². The summed E-state index contributed by atoms with van der Waals surface area (Å²) in [4.78, 5) is 26.9. The number of carbonyl (C=O) groups is 1. The molecule has 2 N–H and O–H groups in total. The van der Waals surface area contributed by atoms with Gasteiger partial charge in [-0.15, -0.1) is 0 Å². The molecule has 1 aliphatic heterocycles. The molecule has 0 bridgehead atoms. The van der Waals surface area contributed by atoms with Crippen LogP contribution in [-0.4, -0.2) is 15.6 Å². The van der Waals surface area contributed by atoms with Gasteiger partial charge < -0.3 is 5.32 Å². The maximum atomic E-state index is 13.7. The van der Waals surface area contributed by atoms with Crippen molar-refractivity contribution in [2.24, 2.45) is 0 Å². The van der Waals surface area contributed by atoms with Gasteiger partial charge in [-0.2, -0.15) is 0 Å². The first-order valence-corrected chi connectivity index (χ1v) is 9.94. The molecule has 31 heavy (non-hydrogen) atoms. The molecule has 1 atom stereocenters. The number of aromatic nitrogens is 2. The number of hydrogen-bond donors (Lipinski definition) is 2. The zero-order valence-corrected chi connectivity index (χ0v) is 16.2. The minimum Gasteiger partial charge on any atom is -0.339 e. The van der Waals surface area contributed by atoms with Gasteiger partial charge in [0.25, 0.3) is 5.56 Å². The Morgan fingerprint density at radius 2 is 1.48 bits per heavy atom. The van der Waals surface area contributed by atoms with Crippen LogP contribution in [0, 0.1) is 5.82 Å². The molecule has 6 heteroatoms. The van der Waals surface area contributed by atoms with Crippen molar-refractivity contribution < 1.29 is 9.18 Å². The number of benzene rings is 3. The summed E-state index contributed by atoms with van der Waals surface area (Å²) in [5.74, 6) is -0.569. The number of fused-ring (bicyclic) bond motifs is 3. The number of nitrogens with one attached hydrogen (secondary N) is 2. The predicted octanol–water partition coefficient (Wildman–Crippen LogP) is 4.47. The average molecular weight is 409 g/mol. The molecule has 0 radical (unpaired) electrons. The summed E-state index contributed by atoms with van der Waals surface area (Å²) in [6, 6.07) is 22.6. The number of para-hydroxylation sites is 1. The highest BCUT2D eigenvalue weighted by Crippen LogP contribution is 2.47. The van der Waals surface area contributed by atoms with E-state index in [9.17, 15) is 14.0 Å². The van der Waals surface area contributed by atoms with E-state index in [0.717, 1.165) is 5.56 Å². The van der Waals surface area contributed by atoms with Gasteiger partial charge >= 0.3 is 0 Å². The highest BCUT2D eigenvalue weighted by molar-refractivity contribution is 6.23. The third-order valence-corrected chi connectivity index (χ3v) is 5.93. The number of anilines is 1. The molecular formula is C25H16FN3O2. The van der Waals surface area contributed by atoms with Gasteiger partial charge in [-0.25, -0.2) is 9.07 Å². The Labute approximate surface area is 176 Å². The van der Waals surface area contributed by atoms with E-state index in [4.69, 9.17) is 0 Å². The van der Waals surface area contributed by atoms with Crippen molar-refractivity contribution in [1.82, 2.24) is 9.78 Å². The fraction of sp³-hybridized carbons (Fsp3) is 0.0400. The SMILES string of the molecule is O=C1C2=C(Nc3[nH]n(-c4ccccc4)c(=O)c3C2c2ccc(F)cc2)c2ccccc21. The van der Waals surface area contributed by atoms with Crippen molar-refractivity contribution in [2.75, 3.05) is 5.32 Å². The summed E-state index contributed by atoms with van der Waals surface area (Å²) in [5.41, 5.74) is 4.16.